The molecule has 0 radical (unpaired) electrons. The minimum Gasteiger partial charge on any atom is -0.465 e. The van der Waals surface area contributed by atoms with Crippen molar-refractivity contribution in [2.24, 2.45) is 0 Å². The maximum Gasteiger partial charge on any atom is 0.407 e. The summed E-state index contributed by atoms with van der Waals surface area (Å²) in [6.45, 7) is 3.73. The van der Waals surface area contributed by atoms with Crippen LogP contribution in [0.2, 0.25) is 0 Å². The second-order valence-electron chi connectivity index (χ2n) is 4.93. The number of hydrogen-bond donors (Lipinski definition) is 2. The molecule has 5 heteroatoms. The van der Waals surface area contributed by atoms with E-state index in [0.717, 1.165) is 5.56 Å². The van der Waals surface area contributed by atoms with Crippen molar-refractivity contribution in [2.75, 3.05) is 26.2 Å². The first-order valence-corrected chi connectivity index (χ1v) is 6.53. The van der Waals surface area contributed by atoms with Crippen LogP contribution in [0.15, 0.2) is 30.3 Å². The Kier molecular flexibility index (Phi) is 4.39. The second kappa shape index (κ2) is 6.04. The van der Waals surface area contributed by atoms with Crippen LogP contribution < -0.4 is 0 Å². The summed E-state index contributed by atoms with van der Waals surface area (Å²) >= 11 is 0. The molecule has 0 spiro atoms. The molecule has 0 unspecified atom stereocenters. The van der Waals surface area contributed by atoms with Crippen LogP contribution in [0.4, 0.5) is 4.79 Å². The van der Waals surface area contributed by atoms with E-state index in [1.54, 1.807) is 0 Å². The zero-order valence-corrected chi connectivity index (χ0v) is 11.1. The van der Waals surface area contributed by atoms with Gasteiger partial charge in [0.15, 0.2) is 0 Å². The van der Waals surface area contributed by atoms with E-state index in [1.807, 2.05) is 37.3 Å². The third-order valence-corrected chi connectivity index (χ3v) is 3.70. The molecule has 1 heterocycles. The van der Waals surface area contributed by atoms with Crippen molar-refractivity contribution in [1.29, 1.82) is 0 Å². The highest BCUT2D eigenvalue weighted by atomic mass is 16.4. The van der Waals surface area contributed by atoms with Crippen LogP contribution in [0.3, 0.4) is 0 Å². The van der Waals surface area contributed by atoms with Crippen LogP contribution in [-0.2, 0) is 0 Å². The van der Waals surface area contributed by atoms with Crippen molar-refractivity contribution in [3.05, 3.63) is 35.9 Å². The molecule has 2 atom stereocenters. The van der Waals surface area contributed by atoms with Crippen molar-refractivity contribution in [3.8, 4) is 0 Å². The molecule has 5 nitrogen and oxygen atoms in total. The summed E-state index contributed by atoms with van der Waals surface area (Å²) in [5, 5.41) is 18.7. The van der Waals surface area contributed by atoms with Crippen molar-refractivity contribution in [1.82, 2.24) is 9.80 Å². The number of amides is 1. The molecule has 2 rings (SSSR count). The summed E-state index contributed by atoms with van der Waals surface area (Å²) in [6, 6.07) is 9.74. The normalized spacial score (nSPS) is 22.2. The first-order chi connectivity index (χ1) is 9.13. The number of rotatable bonds is 3. The fourth-order valence-corrected chi connectivity index (χ4v) is 2.66. The summed E-state index contributed by atoms with van der Waals surface area (Å²) in [5.41, 5.74) is 1.07. The Morgan fingerprint density at radius 3 is 2.58 bits per heavy atom. The molecule has 1 aliphatic heterocycles. The maximum atomic E-state index is 11.0. The van der Waals surface area contributed by atoms with E-state index in [9.17, 15) is 9.90 Å². The predicted octanol–water partition coefficient (Wildman–Crippen LogP) is 1.40. The van der Waals surface area contributed by atoms with Crippen LogP contribution in [0, 0.1) is 0 Å². The van der Waals surface area contributed by atoms with Gasteiger partial charge in [0.05, 0.1) is 12.6 Å². The molecule has 0 saturated carbocycles. The fourth-order valence-electron chi connectivity index (χ4n) is 2.66. The second-order valence-corrected chi connectivity index (χ2v) is 4.93. The molecule has 1 saturated heterocycles. The van der Waals surface area contributed by atoms with Crippen molar-refractivity contribution in [3.63, 3.8) is 0 Å². The Hall–Kier alpha value is -1.59. The molecular formula is C14H20N2O3. The number of nitrogens with zero attached hydrogens (tertiary/aromatic N) is 2. The van der Waals surface area contributed by atoms with Crippen molar-refractivity contribution >= 4 is 6.09 Å². The summed E-state index contributed by atoms with van der Waals surface area (Å²) in [6.07, 6.45) is -0.868. The minimum atomic E-state index is -0.868. The van der Waals surface area contributed by atoms with Gasteiger partial charge in [-0.3, -0.25) is 4.90 Å². The Labute approximate surface area is 113 Å². The third kappa shape index (κ3) is 3.05. The minimum absolute atomic E-state index is 0.0454. The first-order valence-electron chi connectivity index (χ1n) is 6.53. The molecule has 0 aliphatic carbocycles. The van der Waals surface area contributed by atoms with Gasteiger partial charge in [-0.15, -0.1) is 0 Å². The summed E-state index contributed by atoms with van der Waals surface area (Å²) in [5.74, 6) is 0. The summed E-state index contributed by atoms with van der Waals surface area (Å²) in [4.78, 5) is 14.6. The van der Waals surface area contributed by atoms with E-state index in [-0.39, 0.29) is 18.7 Å². The molecule has 1 aromatic rings. The lowest BCUT2D eigenvalue weighted by molar-refractivity contribution is 0.0364. The monoisotopic (exact) mass is 264 g/mol. The largest absolute Gasteiger partial charge is 0.465 e. The lowest BCUT2D eigenvalue weighted by Gasteiger charge is -2.41. The Morgan fingerprint density at radius 1 is 1.37 bits per heavy atom. The zero-order chi connectivity index (χ0) is 13.8. The molecule has 0 bridgehead atoms. The van der Waals surface area contributed by atoms with Gasteiger partial charge in [-0.05, 0) is 12.5 Å². The van der Waals surface area contributed by atoms with Gasteiger partial charge in [-0.2, -0.15) is 0 Å². The van der Waals surface area contributed by atoms with Gasteiger partial charge in [0.2, 0.25) is 0 Å². The number of piperazine rings is 1. The van der Waals surface area contributed by atoms with Crippen LogP contribution in [0.1, 0.15) is 18.5 Å². The van der Waals surface area contributed by atoms with Gasteiger partial charge in [-0.25, -0.2) is 4.79 Å². The molecule has 104 valence electrons. The molecule has 2 N–H and O–H groups in total. The van der Waals surface area contributed by atoms with Crippen LogP contribution in [-0.4, -0.2) is 58.4 Å². The molecule has 1 fully saturated rings. The highest BCUT2D eigenvalue weighted by Gasteiger charge is 2.31. The van der Waals surface area contributed by atoms with E-state index in [2.05, 4.69) is 4.90 Å². The number of carboxylic acid groups (broad SMARTS) is 1. The third-order valence-electron chi connectivity index (χ3n) is 3.70. The van der Waals surface area contributed by atoms with Gasteiger partial charge in [0, 0.05) is 25.7 Å². The van der Waals surface area contributed by atoms with E-state index in [1.165, 1.54) is 4.90 Å². The number of hydrogen-bond acceptors (Lipinski definition) is 3. The number of aliphatic hydroxyl groups is 1. The molecule has 0 aromatic heterocycles. The van der Waals surface area contributed by atoms with Crippen LogP contribution >= 0.6 is 0 Å². The molecule has 1 aromatic carbocycles. The lowest BCUT2D eigenvalue weighted by atomic mass is 10.0. The molecule has 1 amide bonds. The molecular weight excluding hydrogens is 244 g/mol. The average Bonchev–Trinajstić information content (AvgIpc) is 2.40. The topological polar surface area (TPSA) is 64.0 Å². The van der Waals surface area contributed by atoms with Crippen molar-refractivity contribution in [2.45, 2.75) is 19.0 Å². The van der Waals surface area contributed by atoms with Gasteiger partial charge in [0.25, 0.3) is 0 Å². The number of carbonyl (C=O) groups is 1. The van der Waals surface area contributed by atoms with E-state index in [4.69, 9.17) is 5.11 Å². The van der Waals surface area contributed by atoms with Crippen LogP contribution in [0.25, 0.3) is 0 Å². The summed E-state index contributed by atoms with van der Waals surface area (Å²) < 4.78 is 0. The molecule has 1 aliphatic rings. The highest BCUT2D eigenvalue weighted by molar-refractivity contribution is 5.65. The average molecular weight is 264 g/mol. The Balaban J connectivity index is 2.08. The quantitative estimate of drug-likeness (QED) is 0.866. The van der Waals surface area contributed by atoms with Gasteiger partial charge in [0.1, 0.15) is 0 Å². The van der Waals surface area contributed by atoms with Crippen LogP contribution in [0.5, 0.6) is 0 Å². The van der Waals surface area contributed by atoms with Gasteiger partial charge in [-0.1, -0.05) is 30.3 Å². The SMILES string of the molecule is C[C@@H]1CN([C@@H](CO)c2ccccc2)CCN1C(=O)O. The number of benzene rings is 1. The Morgan fingerprint density at radius 2 is 2.05 bits per heavy atom. The smallest absolute Gasteiger partial charge is 0.407 e. The number of aliphatic hydroxyl groups excluding tert-OH is 1. The molecule has 19 heavy (non-hydrogen) atoms. The van der Waals surface area contributed by atoms with Gasteiger partial charge < -0.3 is 15.1 Å². The van der Waals surface area contributed by atoms with E-state index < -0.39 is 6.09 Å². The Bertz CT molecular complexity index is 424. The highest BCUT2D eigenvalue weighted by Crippen LogP contribution is 2.23. The van der Waals surface area contributed by atoms with Gasteiger partial charge >= 0.3 is 6.09 Å². The van der Waals surface area contributed by atoms with Crippen molar-refractivity contribution < 1.29 is 15.0 Å². The first kappa shape index (κ1) is 13.8. The van der Waals surface area contributed by atoms with E-state index in [0.29, 0.717) is 19.6 Å². The predicted molar refractivity (Wildman–Crippen MR) is 72.0 cm³/mol. The maximum absolute atomic E-state index is 11.0. The van der Waals surface area contributed by atoms with E-state index >= 15 is 0 Å². The lowest BCUT2D eigenvalue weighted by Crippen LogP contribution is -2.54. The summed E-state index contributed by atoms with van der Waals surface area (Å²) in [7, 11) is 0. The fraction of sp³-hybridized carbons (Fsp3) is 0.500. The zero-order valence-electron chi connectivity index (χ0n) is 11.1. The standard InChI is InChI=1S/C14H20N2O3/c1-11-9-15(7-8-16(11)14(18)19)13(10-17)12-5-3-2-4-6-12/h2-6,11,13,17H,7-10H2,1H3,(H,18,19)/t11-,13+/m1/s1.